The van der Waals surface area contributed by atoms with Crippen LogP contribution in [0.4, 0.5) is 0 Å². The van der Waals surface area contributed by atoms with Gasteiger partial charge in [0.1, 0.15) is 0 Å². The van der Waals surface area contributed by atoms with E-state index in [2.05, 4.69) is 17.4 Å². The van der Waals surface area contributed by atoms with Gasteiger partial charge in [0.05, 0.1) is 18.5 Å². The first kappa shape index (κ1) is 16.9. The van der Waals surface area contributed by atoms with E-state index in [0.717, 1.165) is 19.4 Å². The Morgan fingerprint density at radius 2 is 2.09 bits per heavy atom. The molecule has 0 radical (unpaired) electrons. The molecular weight excluding hydrogens is 312 g/mol. The first-order chi connectivity index (χ1) is 11.1. The Morgan fingerprint density at radius 1 is 1.30 bits per heavy atom. The predicted molar refractivity (Wildman–Crippen MR) is 90.8 cm³/mol. The van der Waals surface area contributed by atoms with Gasteiger partial charge in [-0.15, -0.1) is 0 Å². The summed E-state index contributed by atoms with van der Waals surface area (Å²) in [6.07, 6.45) is 1.64. The maximum atomic E-state index is 12.7. The van der Waals surface area contributed by atoms with E-state index < -0.39 is 10.0 Å². The molecule has 128 valence electrons. The van der Waals surface area contributed by atoms with Gasteiger partial charge in [0, 0.05) is 25.7 Å². The molecule has 3 unspecified atom stereocenters. The summed E-state index contributed by atoms with van der Waals surface area (Å²) in [7, 11) is -3.27. The molecule has 2 aliphatic heterocycles. The Hall–Kier alpha value is -0.950. The standard InChI is InChI=1S/C17H26N2O3S/c1-14-16(11-15-5-3-2-4-6-15)7-9-19(14)23(20,21)13-17-12-18-8-10-22-17/h2-6,14,16-18H,7-13H2,1H3. The fourth-order valence-corrected chi connectivity index (χ4v) is 5.55. The Morgan fingerprint density at radius 3 is 2.78 bits per heavy atom. The second-order valence-electron chi connectivity index (χ2n) is 6.57. The normalized spacial score (nSPS) is 29.7. The third-order valence-corrected chi connectivity index (χ3v) is 6.98. The second-order valence-corrected chi connectivity index (χ2v) is 8.53. The molecule has 0 aromatic heterocycles. The summed E-state index contributed by atoms with van der Waals surface area (Å²) in [5.74, 6) is 0.472. The van der Waals surface area contributed by atoms with Crippen LogP contribution < -0.4 is 5.32 Å². The van der Waals surface area contributed by atoms with Gasteiger partial charge in [-0.1, -0.05) is 30.3 Å². The van der Waals surface area contributed by atoms with Crippen LogP contribution in [0.1, 0.15) is 18.9 Å². The summed E-state index contributed by atoms with van der Waals surface area (Å²) in [6, 6.07) is 10.4. The average Bonchev–Trinajstić information content (AvgIpc) is 2.91. The summed E-state index contributed by atoms with van der Waals surface area (Å²) in [5, 5.41) is 3.19. The Balaban J connectivity index is 1.62. The zero-order chi connectivity index (χ0) is 16.3. The molecule has 1 N–H and O–H groups in total. The third kappa shape index (κ3) is 4.12. The topological polar surface area (TPSA) is 58.6 Å². The van der Waals surface area contributed by atoms with Crippen LogP contribution in [0.25, 0.3) is 0 Å². The van der Waals surface area contributed by atoms with Gasteiger partial charge >= 0.3 is 0 Å². The molecule has 6 heteroatoms. The van der Waals surface area contributed by atoms with Crippen molar-refractivity contribution in [3.05, 3.63) is 35.9 Å². The van der Waals surface area contributed by atoms with Gasteiger partial charge in [-0.3, -0.25) is 0 Å². The lowest BCUT2D eigenvalue weighted by Gasteiger charge is -2.28. The first-order valence-electron chi connectivity index (χ1n) is 8.42. The van der Waals surface area contributed by atoms with E-state index in [4.69, 9.17) is 4.74 Å². The third-order valence-electron chi connectivity index (χ3n) is 4.96. The minimum atomic E-state index is -3.27. The number of rotatable bonds is 5. The Kier molecular flexibility index (Phi) is 5.36. The number of morpholine rings is 1. The first-order valence-corrected chi connectivity index (χ1v) is 10.0. The summed E-state index contributed by atoms with van der Waals surface area (Å²) in [5.41, 5.74) is 1.28. The van der Waals surface area contributed by atoms with Gasteiger partial charge in [-0.2, -0.15) is 4.31 Å². The van der Waals surface area contributed by atoms with Crippen LogP contribution in [0.15, 0.2) is 30.3 Å². The van der Waals surface area contributed by atoms with Gasteiger partial charge in [0.25, 0.3) is 0 Å². The molecular formula is C17H26N2O3S. The van der Waals surface area contributed by atoms with Crippen molar-refractivity contribution in [1.82, 2.24) is 9.62 Å². The molecule has 2 aliphatic rings. The highest BCUT2D eigenvalue weighted by Gasteiger charge is 2.39. The molecule has 0 spiro atoms. The molecule has 2 fully saturated rings. The predicted octanol–water partition coefficient (Wildman–Crippen LogP) is 1.26. The second kappa shape index (κ2) is 7.30. The van der Waals surface area contributed by atoms with Crippen LogP contribution >= 0.6 is 0 Å². The number of ether oxygens (including phenoxy) is 1. The zero-order valence-corrected chi connectivity index (χ0v) is 14.5. The molecule has 0 bridgehead atoms. The van der Waals surface area contributed by atoms with E-state index in [1.165, 1.54) is 5.56 Å². The van der Waals surface area contributed by atoms with Crippen molar-refractivity contribution < 1.29 is 13.2 Å². The number of hydrogen-bond acceptors (Lipinski definition) is 4. The van der Waals surface area contributed by atoms with Crippen LogP contribution in [0.5, 0.6) is 0 Å². The largest absolute Gasteiger partial charge is 0.374 e. The molecule has 23 heavy (non-hydrogen) atoms. The van der Waals surface area contributed by atoms with Crippen molar-refractivity contribution in [2.45, 2.75) is 31.9 Å². The monoisotopic (exact) mass is 338 g/mol. The smallest absolute Gasteiger partial charge is 0.216 e. The Labute approximate surface area is 139 Å². The van der Waals surface area contributed by atoms with E-state index in [9.17, 15) is 8.42 Å². The van der Waals surface area contributed by atoms with Gasteiger partial charge < -0.3 is 10.1 Å². The molecule has 3 rings (SSSR count). The Bertz CT molecular complexity index is 600. The quantitative estimate of drug-likeness (QED) is 0.878. The molecule has 1 aromatic rings. The van der Waals surface area contributed by atoms with Crippen molar-refractivity contribution in [2.24, 2.45) is 5.92 Å². The van der Waals surface area contributed by atoms with Crippen LogP contribution in [-0.4, -0.2) is 56.9 Å². The van der Waals surface area contributed by atoms with E-state index in [1.54, 1.807) is 4.31 Å². The molecule has 1 aromatic carbocycles. The average molecular weight is 338 g/mol. The number of sulfonamides is 1. The van der Waals surface area contributed by atoms with Crippen LogP contribution in [0.3, 0.4) is 0 Å². The van der Waals surface area contributed by atoms with Crippen molar-refractivity contribution in [3.8, 4) is 0 Å². The van der Waals surface area contributed by atoms with E-state index >= 15 is 0 Å². The van der Waals surface area contributed by atoms with Crippen molar-refractivity contribution >= 4 is 10.0 Å². The highest BCUT2D eigenvalue weighted by Crippen LogP contribution is 2.30. The molecule has 3 atom stereocenters. The van der Waals surface area contributed by atoms with E-state index in [0.29, 0.717) is 25.6 Å². The molecule has 0 amide bonds. The summed E-state index contributed by atoms with van der Waals surface area (Å²) in [6.45, 7) is 4.68. The summed E-state index contributed by atoms with van der Waals surface area (Å²) < 4.78 is 32.7. The van der Waals surface area contributed by atoms with Crippen molar-refractivity contribution in [2.75, 3.05) is 32.0 Å². The number of hydrogen-bond donors (Lipinski definition) is 1. The SMILES string of the molecule is CC1C(Cc2ccccc2)CCN1S(=O)(=O)CC1CNCCO1. The highest BCUT2D eigenvalue weighted by molar-refractivity contribution is 7.89. The van der Waals surface area contributed by atoms with Crippen molar-refractivity contribution in [3.63, 3.8) is 0 Å². The molecule has 5 nitrogen and oxygen atoms in total. The maximum absolute atomic E-state index is 12.7. The lowest BCUT2D eigenvalue weighted by molar-refractivity contribution is 0.0423. The lowest BCUT2D eigenvalue weighted by Crippen LogP contribution is -2.46. The molecule has 2 saturated heterocycles. The molecule has 0 aliphatic carbocycles. The van der Waals surface area contributed by atoms with Crippen LogP contribution in [0, 0.1) is 5.92 Å². The molecule has 0 saturated carbocycles. The summed E-state index contributed by atoms with van der Waals surface area (Å²) >= 11 is 0. The van der Waals surface area contributed by atoms with Gasteiger partial charge in [0.15, 0.2) is 0 Å². The van der Waals surface area contributed by atoms with Gasteiger partial charge in [-0.05, 0) is 31.2 Å². The lowest BCUT2D eigenvalue weighted by atomic mass is 9.94. The number of nitrogens with one attached hydrogen (secondary N) is 1. The van der Waals surface area contributed by atoms with Crippen LogP contribution in [0.2, 0.25) is 0 Å². The molecule has 2 heterocycles. The zero-order valence-electron chi connectivity index (χ0n) is 13.6. The highest BCUT2D eigenvalue weighted by atomic mass is 32.2. The minimum Gasteiger partial charge on any atom is -0.374 e. The number of benzene rings is 1. The maximum Gasteiger partial charge on any atom is 0.216 e. The summed E-state index contributed by atoms with van der Waals surface area (Å²) in [4.78, 5) is 0. The minimum absolute atomic E-state index is 0.0526. The van der Waals surface area contributed by atoms with Gasteiger partial charge in [-0.25, -0.2) is 8.42 Å². The van der Waals surface area contributed by atoms with Crippen LogP contribution in [-0.2, 0) is 21.2 Å². The fraction of sp³-hybridized carbons (Fsp3) is 0.647. The van der Waals surface area contributed by atoms with Gasteiger partial charge in [0.2, 0.25) is 10.0 Å². The van der Waals surface area contributed by atoms with E-state index in [-0.39, 0.29) is 17.9 Å². The van der Waals surface area contributed by atoms with E-state index in [1.807, 2.05) is 25.1 Å². The fourth-order valence-electron chi connectivity index (χ4n) is 3.61. The van der Waals surface area contributed by atoms with Crippen molar-refractivity contribution in [1.29, 1.82) is 0 Å². The number of nitrogens with zero attached hydrogens (tertiary/aromatic N) is 1.